The number of fused-ring (bicyclic) bond motifs is 3. The van der Waals surface area contributed by atoms with Crippen LogP contribution >= 0.6 is 0 Å². The van der Waals surface area contributed by atoms with Crippen molar-refractivity contribution in [3.05, 3.63) is 89.0 Å². The van der Waals surface area contributed by atoms with E-state index in [1.807, 2.05) is 24.3 Å². The molecular formula is C28H25NO5. The second-order valence-corrected chi connectivity index (χ2v) is 7.91. The van der Waals surface area contributed by atoms with Crippen LogP contribution in [0.4, 0.5) is 4.79 Å². The summed E-state index contributed by atoms with van der Waals surface area (Å²) in [6.07, 6.45) is -0.150. The summed E-state index contributed by atoms with van der Waals surface area (Å²) in [5, 5.41) is 11.7. The second-order valence-electron chi connectivity index (χ2n) is 7.91. The van der Waals surface area contributed by atoms with E-state index < -0.39 is 12.1 Å². The summed E-state index contributed by atoms with van der Waals surface area (Å²) in [5.41, 5.74) is 5.97. The predicted molar refractivity (Wildman–Crippen MR) is 129 cm³/mol. The molecule has 0 aliphatic heterocycles. The number of ether oxygens (including phenoxy) is 2. The molecule has 0 heterocycles. The number of hydrogen-bond donors (Lipinski definition) is 2. The van der Waals surface area contributed by atoms with Gasteiger partial charge >= 0.3 is 12.1 Å². The Balaban J connectivity index is 1.30. The standard InChI is InChI=1S/C28H25NO5/c1-33-26-14-13-19(17-27(30)31)16-20(26)8-6-7-15-29-28(32)34-18-25-23-11-4-2-9-21(23)22-10-3-5-12-24(22)25/h2-5,9-14,16,25H,7,15,17-18H2,1H3,(H,29,32)(H,30,31). The Morgan fingerprint density at radius 3 is 2.32 bits per heavy atom. The fourth-order valence-corrected chi connectivity index (χ4v) is 4.17. The van der Waals surface area contributed by atoms with E-state index in [2.05, 4.69) is 41.4 Å². The Kier molecular flexibility index (Phi) is 7.14. The predicted octanol–water partition coefficient (Wildman–Crippen LogP) is 4.60. The van der Waals surface area contributed by atoms with Crippen LogP contribution in [0.25, 0.3) is 11.1 Å². The number of methoxy groups -OCH3 is 1. The molecule has 172 valence electrons. The number of carbonyl (C=O) groups is 2. The van der Waals surface area contributed by atoms with Crippen molar-refractivity contribution in [2.75, 3.05) is 20.3 Å². The van der Waals surface area contributed by atoms with Gasteiger partial charge in [-0.3, -0.25) is 4.79 Å². The number of carboxylic acids is 1. The summed E-state index contributed by atoms with van der Waals surface area (Å²) in [6.45, 7) is 0.597. The van der Waals surface area contributed by atoms with Gasteiger partial charge in [-0.25, -0.2) is 4.79 Å². The van der Waals surface area contributed by atoms with E-state index >= 15 is 0 Å². The largest absolute Gasteiger partial charge is 0.495 e. The van der Waals surface area contributed by atoms with E-state index in [1.165, 1.54) is 29.4 Å². The summed E-state index contributed by atoms with van der Waals surface area (Å²) in [4.78, 5) is 23.2. The maximum Gasteiger partial charge on any atom is 0.407 e. The molecule has 6 heteroatoms. The molecule has 0 spiro atoms. The average molecular weight is 456 g/mol. The van der Waals surface area contributed by atoms with Crippen LogP contribution in [0.15, 0.2) is 66.7 Å². The van der Waals surface area contributed by atoms with Gasteiger partial charge < -0.3 is 19.9 Å². The van der Waals surface area contributed by atoms with E-state index in [1.54, 1.807) is 18.2 Å². The Bertz CT molecular complexity index is 1230. The van der Waals surface area contributed by atoms with Gasteiger partial charge in [0.05, 0.1) is 19.1 Å². The van der Waals surface area contributed by atoms with Gasteiger partial charge in [0.25, 0.3) is 0 Å². The highest BCUT2D eigenvalue weighted by molar-refractivity contribution is 5.79. The van der Waals surface area contributed by atoms with Crippen molar-refractivity contribution in [3.63, 3.8) is 0 Å². The zero-order chi connectivity index (χ0) is 23.9. The Hall–Kier alpha value is -4.24. The summed E-state index contributed by atoms with van der Waals surface area (Å²) < 4.78 is 10.8. The topological polar surface area (TPSA) is 84.9 Å². The third-order valence-electron chi connectivity index (χ3n) is 5.71. The smallest absolute Gasteiger partial charge is 0.407 e. The van der Waals surface area contributed by atoms with Gasteiger partial charge in [0.1, 0.15) is 12.4 Å². The molecule has 1 aliphatic carbocycles. The van der Waals surface area contributed by atoms with Crippen molar-refractivity contribution in [3.8, 4) is 28.7 Å². The lowest BCUT2D eigenvalue weighted by molar-refractivity contribution is -0.136. The van der Waals surface area contributed by atoms with Crippen molar-refractivity contribution < 1.29 is 24.2 Å². The lowest BCUT2D eigenvalue weighted by atomic mass is 9.98. The molecule has 0 saturated heterocycles. The minimum Gasteiger partial charge on any atom is -0.495 e. The highest BCUT2D eigenvalue weighted by Crippen LogP contribution is 2.44. The second kappa shape index (κ2) is 10.6. The van der Waals surface area contributed by atoms with Gasteiger partial charge in [0.2, 0.25) is 0 Å². The maximum absolute atomic E-state index is 12.2. The first-order valence-corrected chi connectivity index (χ1v) is 11.0. The summed E-state index contributed by atoms with van der Waals surface area (Å²) in [7, 11) is 1.54. The number of alkyl carbamates (subject to hydrolysis) is 1. The number of amides is 1. The van der Waals surface area contributed by atoms with Crippen LogP contribution < -0.4 is 10.1 Å². The third kappa shape index (κ3) is 5.21. The molecule has 1 amide bonds. The fraction of sp³-hybridized carbons (Fsp3) is 0.214. The molecule has 0 radical (unpaired) electrons. The Morgan fingerprint density at radius 2 is 1.68 bits per heavy atom. The van der Waals surface area contributed by atoms with E-state index in [-0.39, 0.29) is 18.9 Å². The number of nitrogens with one attached hydrogen (secondary N) is 1. The quantitative estimate of drug-likeness (QED) is 0.402. The molecule has 2 N–H and O–H groups in total. The summed E-state index contributed by atoms with van der Waals surface area (Å²) >= 11 is 0. The number of rotatable bonds is 7. The number of hydrogen-bond acceptors (Lipinski definition) is 4. The van der Waals surface area contributed by atoms with Crippen LogP contribution in [0.5, 0.6) is 5.75 Å². The SMILES string of the molecule is COc1ccc(CC(=O)O)cc1C#CCCNC(=O)OCC1c2ccccc2-c2ccccc21. The molecule has 0 aromatic heterocycles. The molecule has 6 nitrogen and oxygen atoms in total. The molecular weight excluding hydrogens is 430 g/mol. The lowest BCUT2D eigenvalue weighted by Crippen LogP contribution is -2.26. The van der Waals surface area contributed by atoms with E-state index in [4.69, 9.17) is 14.6 Å². The zero-order valence-corrected chi connectivity index (χ0v) is 18.8. The highest BCUT2D eigenvalue weighted by Gasteiger charge is 2.28. The van der Waals surface area contributed by atoms with Gasteiger partial charge in [0.15, 0.2) is 0 Å². The molecule has 1 aliphatic rings. The number of aliphatic carboxylic acids is 1. The number of carbonyl (C=O) groups excluding carboxylic acids is 1. The first-order chi connectivity index (χ1) is 16.6. The molecule has 0 unspecified atom stereocenters. The average Bonchev–Trinajstić information content (AvgIpc) is 3.16. The Labute approximate surface area is 198 Å². The van der Waals surface area contributed by atoms with E-state index in [0.29, 0.717) is 29.8 Å². The molecule has 34 heavy (non-hydrogen) atoms. The molecule has 0 atom stereocenters. The minimum absolute atomic E-state index is 0.0171. The monoisotopic (exact) mass is 455 g/mol. The Morgan fingerprint density at radius 1 is 1.00 bits per heavy atom. The summed E-state index contributed by atoms with van der Waals surface area (Å²) in [5.74, 6) is 5.66. The number of benzene rings is 3. The van der Waals surface area contributed by atoms with Gasteiger partial charge in [0, 0.05) is 18.9 Å². The van der Waals surface area contributed by atoms with Crippen molar-refractivity contribution in [1.82, 2.24) is 5.32 Å². The number of carboxylic acid groups (broad SMARTS) is 1. The lowest BCUT2D eigenvalue weighted by Gasteiger charge is -2.14. The fourth-order valence-electron chi connectivity index (χ4n) is 4.17. The van der Waals surface area contributed by atoms with Crippen molar-refractivity contribution in [1.29, 1.82) is 0 Å². The normalized spacial score (nSPS) is 11.6. The molecule has 3 aromatic carbocycles. The van der Waals surface area contributed by atoms with Crippen molar-refractivity contribution in [2.24, 2.45) is 0 Å². The molecule has 0 fully saturated rings. The van der Waals surface area contributed by atoms with Crippen LogP contribution in [0.2, 0.25) is 0 Å². The molecule has 3 aromatic rings. The van der Waals surface area contributed by atoms with Gasteiger partial charge in [-0.1, -0.05) is 66.4 Å². The molecule has 0 saturated carbocycles. The molecule has 0 bridgehead atoms. The van der Waals surface area contributed by atoms with Crippen molar-refractivity contribution in [2.45, 2.75) is 18.8 Å². The van der Waals surface area contributed by atoms with Crippen molar-refractivity contribution >= 4 is 12.1 Å². The summed E-state index contributed by atoms with van der Waals surface area (Å²) in [6, 6.07) is 21.5. The third-order valence-corrected chi connectivity index (χ3v) is 5.71. The van der Waals surface area contributed by atoms with E-state index in [9.17, 15) is 9.59 Å². The first-order valence-electron chi connectivity index (χ1n) is 11.0. The van der Waals surface area contributed by atoms with Crippen LogP contribution in [0, 0.1) is 11.8 Å². The van der Waals surface area contributed by atoms with Gasteiger partial charge in [-0.2, -0.15) is 0 Å². The maximum atomic E-state index is 12.2. The van der Waals surface area contributed by atoms with E-state index in [0.717, 1.165) is 0 Å². The van der Waals surface area contributed by atoms with Crippen LogP contribution in [0.1, 0.15) is 34.6 Å². The highest BCUT2D eigenvalue weighted by atomic mass is 16.5. The first kappa shape index (κ1) is 22.9. The molecule has 4 rings (SSSR count). The van der Waals surface area contributed by atoms with Gasteiger partial charge in [-0.05, 0) is 39.9 Å². The van der Waals surface area contributed by atoms with Crippen LogP contribution in [0.3, 0.4) is 0 Å². The van der Waals surface area contributed by atoms with Gasteiger partial charge in [-0.15, -0.1) is 0 Å². The van der Waals surface area contributed by atoms with Crippen LogP contribution in [-0.4, -0.2) is 37.4 Å². The minimum atomic E-state index is -0.906. The van der Waals surface area contributed by atoms with Crippen LogP contribution in [-0.2, 0) is 16.0 Å². The zero-order valence-electron chi connectivity index (χ0n) is 18.8.